The van der Waals surface area contributed by atoms with Crippen LogP contribution in [0.15, 0.2) is 42.6 Å². The summed E-state index contributed by atoms with van der Waals surface area (Å²) in [5.41, 5.74) is 2.79. The van der Waals surface area contributed by atoms with Gasteiger partial charge in [-0.15, -0.1) is 0 Å². The Hall–Kier alpha value is -3.09. The summed E-state index contributed by atoms with van der Waals surface area (Å²) in [6.07, 6.45) is 2.54. The van der Waals surface area contributed by atoms with E-state index in [-0.39, 0.29) is 24.5 Å². The second kappa shape index (κ2) is 7.14. The van der Waals surface area contributed by atoms with Gasteiger partial charge in [0.15, 0.2) is 5.82 Å². The number of pyridine rings is 1. The van der Waals surface area contributed by atoms with Gasteiger partial charge in [0.1, 0.15) is 6.54 Å². The Morgan fingerprint density at radius 1 is 1.07 bits per heavy atom. The number of fused-ring (bicyclic) bond motifs is 2. The van der Waals surface area contributed by atoms with Crippen LogP contribution in [0.3, 0.4) is 0 Å². The Morgan fingerprint density at radius 3 is 2.54 bits per heavy atom. The third-order valence-electron chi connectivity index (χ3n) is 5.41. The standard InChI is InChI=1S/C21H25N5O2/c1-4-24-20-18(11-8-12-22-20)23(21(28)25(24)5-2)14-19(27)26-15(3)13-16-9-6-7-10-17(16)26/h6-12,15H,4-5,13-14H2,1-3H3. The molecule has 146 valence electrons. The summed E-state index contributed by atoms with van der Waals surface area (Å²) in [6, 6.07) is 11.5. The zero-order valence-corrected chi connectivity index (χ0v) is 16.5. The summed E-state index contributed by atoms with van der Waals surface area (Å²) in [6.45, 7) is 7.08. The highest BCUT2D eigenvalue weighted by Gasteiger charge is 2.38. The zero-order valence-electron chi connectivity index (χ0n) is 16.5. The molecule has 1 unspecified atom stereocenters. The molecular weight excluding hydrogens is 354 g/mol. The molecule has 4 rings (SSSR count). The smallest absolute Gasteiger partial charge is 0.307 e. The maximum atomic E-state index is 13.3. The molecule has 2 aliphatic rings. The minimum absolute atomic E-state index is 0.00967. The molecule has 0 saturated carbocycles. The number of amides is 3. The van der Waals surface area contributed by atoms with E-state index in [4.69, 9.17) is 0 Å². The number of nitrogens with zero attached hydrogens (tertiary/aromatic N) is 5. The van der Waals surface area contributed by atoms with E-state index in [2.05, 4.69) is 11.1 Å². The Balaban J connectivity index is 1.67. The highest BCUT2D eigenvalue weighted by molar-refractivity contribution is 6.07. The van der Waals surface area contributed by atoms with Gasteiger partial charge in [-0.05, 0) is 51.0 Å². The molecule has 3 heterocycles. The number of para-hydroxylation sites is 1. The maximum absolute atomic E-state index is 13.3. The van der Waals surface area contributed by atoms with Crippen LogP contribution in [0.2, 0.25) is 0 Å². The van der Waals surface area contributed by atoms with E-state index < -0.39 is 0 Å². The van der Waals surface area contributed by atoms with Crippen LogP contribution in [0, 0.1) is 0 Å². The molecule has 0 bridgehead atoms. The number of rotatable bonds is 4. The Morgan fingerprint density at radius 2 is 1.79 bits per heavy atom. The van der Waals surface area contributed by atoms with Crippen molar-refractivity contribution >= 4 is 29.1 Å². The molecule has 1 aromatic heterocycles. The molecule has 2 aliphatic heterocycles. The van der Waals surface area contributed by atoms with Crippen LogP contribution in [0.4, 0.5) is 22.0 Å². The van der Waals surface area contributed by atoms with Crippen molar-refractivity contribution < 1.29 is 9.59 Å². The molecule has 0 N–H and O–H groups in total. The molecule has 1 aromatic carbocycles. The molecule has 7 heteroatoms. The first kappa shape index (κ1) is 18.3. The lowest BCUT2D eigenvalue weighted by atomic mass is 10.1. The van der Waals surface area contributed by atoms with E-state index in [0.717, 1.165) is 12.1 Å². The van der Waals surface area contributed by atoms with E-state index >= 15 is 0 Å². The first-order valence-corrected chi connectivity index (χ1v) is 9.78. The number of anilines is 3. The van der Waals surface area contributed by atoms with Crippen LogP contribution in [0.1, 0.15) is 26.3 Å². The highest BCUT2D eigenvalue weighted by Crippen LogP contribution is 2.35. The van der Waals surface area contributed by atoms with Gasteiger partial charge >= 0.3 is 6.03 Å². The minimum Gasteiger partial charge on any atom is -0.307 e. The van der Waals surface area contributed by atoms with Crippen LogP contribution in [-0.2, 0) is 11.2 Å². The molecule has 7 nitrogen and oxygen atoms in total. The molecule has 1 atom stereocenters. The van der Waals surface area contributed by atoms with Gasteiger partial charge < -0.3 is 4.90 Å². The lowest BCUT2D eigenvalue weighted by Gasteiger charge is -2.43. The second-order valence-electron chi connectivity index (χ2n) is 7.09. The van der Waals surface area contributed by atoms with Gasteiger partial charge in [0, 0.05) is 31.0 Å². The van der Waals surface area contributed by atoms with E-state index in [1.165, 1.54) is 5.56 Å². The molecule has 0 radical (unpaired) electrons. The molecule has 3 amide bonds. The van der Waals surface area contributed by atoms with Crippen molar-refractivity contribution in [2.24, 2.45) is 0 Å². The molecular formula is C21H25N5O2. The van der Waals surface area contributed by atoms with Crippen LogP contribution in [-0.4, -0.2) is 47.6 Å². The van der Waals surface area contributed by atoms with Crippen LogP contribution in [0.5, 0.6) is 0 Å². The van der Waals surface area contributed by atoms with E-state index in [1.54, 1.807) is 22.2 Å². The molecule has 0 saturated heterocycles. The van der Waals surface area contributed by atoms with E-state index in [9.17, 15) is 9.59 Å². The second-order valence-corrected chi connectivity index (χ2v) is 7.09. The average molecular weight is 379 g/mol. The zero-order chi connectivity index (χ0) is 19.8. The normalized spacial score (nSPS) is 18.4. The van der Waals surface area contributed by atoms with Crippen LogP contribution < -0.4 is 14.8 Å². The third kappa shape index (κ3) is 2.78. The first-order valence-electron chi connectivity index (χ1n) is 9.78. The summed E-state index contributed by atoms with van der Waals surface area (Å²) in [4.78, 5) is 34.3. The fraction of sp³-hybridized carbons (Fsp3) is 0.381. The SMILES string of the molecule is CCN1C(=O)N(CC(=O)N2c3ccccc3CC2C)c2cccnc2N1CC. The summed E-state index contributed by atoms with van der Waals surface area (Å²) in [7, 11) is 0. The molecule has 0 fully saturated rings. The third-order valence-corrected chi connectivity index (χ3v) is 5.41. The quantitative estimate of drug-likeness (QED) is 0.819. The van der Waals surface area contributed by atoms with Gasteiger partial charge in [0.05, 0.1) is 5.69 Å². The van der Waals surface area contributed by atoms with Gasteiger partial charge in [-0.3, -0.25) is 14.7 Å². The maximum Gasteiger partial charge on any atom is 0.343 e. The predicted molar refractivity (Wildman–Crippen MR) is 109 cm³/mol. The summed E-state index contributed by atoms with van der Waals surface area (Å²) >= 11 is 0. The van der Waals surface area contributed by atoms with Gasteiger partial charge in [-0.1, -0.05) is 18.2 Å². The van der Waals surface area contributed by atoms with Crippen molar-refractivity contribution in [3.05, 3.63) is 48.2 Å². The van der Waals surface area contributed by atoms with Crippen molar-refractivity contribution in [2.45, 2.75) is 33.2 Å². The number of carbonyl (C=O) groups is 2. The van der Waals surface area contributed by atoms with Crippen molar-refractivity contribution in [1.29, 1.82) is 0 Å². The topological polar surface area (TPSA) is 60.0 Å². The summed E-state index contributed by atoms with van der Waals surface area (Å²) in [5.74, 6) is 0.621. The van der Waals surface area contributed by atoms with Crippen molar-refractivity contribution in [1.82, 2.24) is 9.99 Å². The summed E-state index contributed by atoms with van der Waals surface area (Å²) in [5, 5.41) is 3.51. The molecule has 2 aromatic rings. The number of urea groups is 1. The Labute approximate surface area is 165 Å². The van der Waals surface area contributed by atoms with Gasteiger partial charge in [0.2, 0.25) is 5.91 Å². The Kier molecular flexibility index (Phi) is 4.66. The fourth-order valence-corrected chi connectivity index (χ4v) is 4.19. The number of hydrazine groups is 1. The Bertz CT molecular complexity index is 915. The number of benzene rings is 1. The predicted octanol–water partition coefficient (Wildman–Crippen LogP) is 3.06. The minimum atomic E-state index is -0.196. The van der Waals surface area contributed by atoms with Crippen molar-refractivity contribution in [3.8, 4) is 0 Å². The number of hydrogen-bond donors (Lipinski definition) is 0. The first-order chi connectivity index (χ1) is 13.6. The van der Waals surface area contributed by atoms with Crippen LogP contribution in [0.25, 0.3) is 0 Å². The average Bonchev–Trinajstić information content (AvgIpc) is 3.05. The number of carbonyl (C=O) groups excluding carboxylic acids is 2. The van der Waals surface area contributed by atoms with Gasteiger partial charge in [0.25, 0.3) is 0 Å². The van der Waals surface area contributed by atoms with Gasteiger partial charge in [-0.25, -0.2) is 14.8 Å². The molecule has 0 aliphatic carbocycles. The lowest BCUT2D eigenvalue weighted by Crippen LogP contribution is -2.59. The van der Waals surface area contributed by atoms with Crippen molar-refractivity contribution in [2.75, 3.05) is 34.4 Å². The van der Waals surface area contributed by atoms with Crippen LogP contribution >= 0.6 is 0 Å². The molecule has 0 spiro atoms. The van der Waals surface area contributed by atoms with Gasteiger partial charge in [-0.2, -0.15) is 0 Å². The summed E-state index contributed by atoms with van der Waals surface area (Å²) < 4.78 is 0. The van der Waals surface area contributed by atoms with E-state index in [0.29, 0.717) is 24.6 Å². The number of hydrogen-bond acceptors (Lipinski definition) is 4. The van der Waals surface area contributed by atoms with E-state index in [1.807, 2.05) is 54.9 Å². The van der Waals surface area contributed by atoms with Crippen molar-refractivity contribution in [3.63, 3.8) is 0 Å². The monoisotopic (exact) mass is 379 g/mol. The number of aromatic nitrogens is 1. The lowest BCUT2D eigenvalue weighted by molar-refractivity contribution is -0.117. The molecule has 28 heavy (non-hydrogen) atoms. The highest BCUT2D eigenvalue weighted by atomic mass is 16.2. The largest absolute Gasteiger partial charge is 0.343 e. The fourth-order valence-electron chi connectivity index (χ4n) is 4.19.